The summed E-state index contributed by atoms with van der Waals surface area (Å²) in [6.45, 7) is 0. The van der Waals surface area contributed by atoms with Crippen LogP contribution in [-0.4, -0.2) is 27.7 Å². The number of ketones is 1. The Morgan fingerprint density at radius 3 is 2.06 bits per heavy atom. The summed E-state index contributed by atoms with van der Waals surface area (Å²) in [6.07, 6.45) is 0.111. The predicted molar refractivity (Wildman–Crippen MR) is 108 cm³/mol. The van der Waals surface area contributed by atoms with Gasteiger partial charge < -0.3 is 5.32 Å². The number of halogens is 4. The molecule has 158 valence electrons. The van der Waals surface area contributed by atoms with E-state index in [0.29, 0.717) is 11.1 Å². The lowest BCUT2D eigenvalue weighted by molar-refractivity contribution is -0.137. The van der Waals surface area contributed by atoms with Gasteiger partial charge in [-0.3, -0.25) is 19.6 Å². The molecule has 3 aromatic rings. The summed E-state index contributed by atoms with van der Waals surface area (Å²) in [5.74, 6) is -1.12. The Bertz CT molecular complexity index is 1140. The maximum atomic E-state index is 13.3. The largest absolute Gasteiger partial charge is 0.417 e. The molecule has 31 heavy (non-hydrogen) atoms. The highest BCUT2D eigenvalue weighted by atomic mass is 35.5. The summed E-state index contributed by atoms with van der Waals surface area (Å²) < 4.78 is 39.8. The lowest BCUT2D eigenvalue weighted by Crippen LogP contribution is -2.26. The van der Waals surface area contributed by atoms with Gasteiger partial charge in [0.25, 0.3) is 5.91 Å². The van der Waals surface area contributed by atoms with E-state index in [0.717, 1.165) is 31.0 Å². The van der Waals surface area contributed by atoms with Gasteiger partial charge in [-0.05, 0) is 43.2 Å². The Kier molecular flexibility index (Phi) is 5.49. The van der Waals surface area contributed by atoms with Gasteiger partial charge in [0.2, 0.25) is 5.78 Å². The summed E-state index contributed by atoms with van der Waals surface area (Å²) in [5, 5.41) is 2.86. The van der Waals surface area contributed by atoms with Crippen LogP contribution in [0.3, 0.4) is 0 Å². The van der Waals surface area contributed by atoms with E-state index >= 15 is 0 Å². The topological polar surface area (TPSA) is 72.0 Å². The van der Waals surface area contributed by atoms with Gasteiger partial charge in [0.05, 0.1) is 5.56 Å². The van der Waals surface area contributed by atoms with Crippen LogP contribution in [0.25, 0.3) is 11.1 Å². The predicted octanol–water partition coefficient (Wildman–Crippen LogP) is 4.94. The zero-order chi connectivity index (χ0) is 22.2. The molecule has 9 heteroatoms. The highest BCUT2D eigenvalue weighted by Gasteiger charge is 2.35. The fourth-order valence-corrected chi connectivity index (χ4v) is 3.15. The fourth-order valence-electron chi connectivity index (χ4n) is 2.97. The molecule has 5 nitrogen and oxygen atoms in total. The van der Waals surface area contributed by atoms with Crippen LogP contribution in [0, 0.1) is 0 Å². The van der Waals surface area contributed by atoms with Crippen molar-refractivity contribution < 1.29 is 22.8 Å². The van der Waals surface area contributed by atoms with Crippen LogP contribution >= 0.6 is 11.6 Å². The van der Waals surface area contributed by atoms with E-state index in [1.165, 1.54) is 18.5 Å². The van der Waals surface area contributed by atoms with E-state index < -0.39 is 23.1 Å². The summed E-state index contributed by atoms with van der Waals surface area (Å²) in [7, 11) is 0. The van der Waals surface area contributed by atoms with Crippen molar-refractivity contribution in [2.75, 3.05) is 0 Å². The number of hydrogen-bond donors (Lipinski definition) is 1. The molecule has 1 aliphatic rings. The standard InChI is InChI=1S/C22H15ClF3N3O2/c23-14-3-6-17(22(24,25)26)16(9-14)20(30)18-7-1-12(10-27-18)13-2-8-19(28-11-13)21(31)29-15-4-5-15/h1-3,6-11,15H,4-5H2,(H,29,31). The molecule has 1 amide bonds. The van der Waals surface area contributed by atoms with Gasteiger partial charge in [-0.15, -0.1) is 0 Å². The first-order valence-corrected chi connectivity index (χ1v) is 9.75. The van der Waals surface area contributed by atoms with E-state index in [2.05, 4.69) is 15.3 Å². The van der Waals surface area contributed by atoms with Gasteiger partial charge in [0.15, 0.2) is 0 Å². The molecule has 0 bridgehead atoms. The molecule has 1 aromatic carbocycles. The molecular formula is C22H15ClF3N3O2. The maximum Gasteiger partial charge on any atom is 0.417 e. The molecule has 2 heterocycles. The monoisotopic (exact) mass is 445 g/mol. The number of nitrogens with one attached hydrogen (secondary N) is 1. The number of rotatable bonds is 5. The van der Waals surface area contributed by atoms with E-state index in [4.69, 9.17) is 11.6 Å². The number of nitrogens with zero attached hydrogens (tertiary/aromatic N) is 2. The third-order valence-electron chi connectivity index (χ3n) is 4.77. The molecule has 1 saturated carbocycles. The van der Waals surface area contributed by atoms with E-state index in [-0.39, 0.29) is 28.4 Å². The van der Waals surface area contributed by atoms with Crippen LogP contribution in [-0.2, 0) is 6.18 Å². The zero-order valence-electron chi connectivity index (χ0n) is 15.9. The molecule has 0 radical (unpaired) electrons. The first kappa shape index (κ1) is 21.0. The Morgan fingerprint density at radius 1 is 0.935 bits per heavy atom. The van der Waals surface area contributed by atoms with Crippen molar-refractivity contribution in [3.05, 3.63) is 82.4 Å². The van der Waals surface area contributed by atoms with Crippen LogP contribution in [0.2, 0.25) is 5.02 Å². The second-order valence-corrected chi connectivity index (χ2v) is 7.57. The van der Waals surface area contributed by atoms with Crippen LogP contribution in [0.4, 0.5) is 13.2 Å². The highest BCUT2D eigenvalue weighted by Crippen LogP contribution is 2.34. The van der Waals surface area contributed by atoms with Crippen molar-refractivity contribution in [3.63, 3.8) is 0 Å². The Balaban J connectivity index is 1.55. The maximum absolute atomic E-state index is 13.3. The highest BCUT2D eigenvalue weighted by molar-refractivity contribution is 6.31. The Hall–Kier alpha value is -3.26. The van der Waals surface area contributed by atoms with E-state index in [1.54, 1.807) is 18.2 Å². The number of pyridine rings is 2. The van der Waals surface area contributed by atoms with Gasteiger partial charge in [-0.2, -0.15) is 13.2 Å². The van der Waals surface area contributed by atoms with Crippen molar-refractivity contribution in [1.29, 1.82) is 0 Å². The second kappa shape index (κ2) is 8.11. The third kappa shape index (κ3) is 4.74. The molecule has 1 fully saturated rings. The number of amides is 1. The van der Waals surface area contributed by atoms with Crippen molar-refractivity contribution in [2.45, 2.75) is 25.1 Å². The minimum atomic E-state index is -4.70. The summed E-state index contributed by atoms with van der Waals surface area (Å²) in [4.78, 5) is 32.8. The Labute approximate surface area is 180 Å². The number of aromatic nitrogens is 2. The zero-order valence-corrected chi connectivity index (χ0v) is 16.7. The molecule has 4 rings (SSSR count). The first-order valence-electron chi connectivity index (χ1n) is 9.37. The van der Waals surface area contributed by atoms with Crippen LogP contribution in [0.15, 0.2) is 54.9 Å². The van der Waals surface area contributed by atoms with Gasteiger partial charge in [-0.1, -0.05) is 23.7 Å². The molecule has 1 N–H and O–H groups in total. The summed E-state index contributed by atoms with van der Waals surface area (Å²) in [5.41, 5.74) is -0.250. The van der Waals surface area contributed by atoms with Crippen molar-refractivity contribution in [1.82, 2.24) is 15.3 Å². The quantitative estimate of drug-likeness (QED) is 0.565. The summed E-state index contributed by atoms with van der Waals surface area (Å²) >= 11 is 5.79. The second-order valence-electron chi connectivity index (χ2n) is 7.13. The van der Waals surface area contributed by atoms with Crippen LogP contribution in [0.1, 0.15) is 44.9 Å². The molecular weight excluding hydrogens is 431 g/mol. The number of hydrogen-bond acceptors (Lipinski definition) is 4. The van der Waals surface area contributed by atoms with Crippen molar-refractivity contribution >= 4 is 23.3 Å². The third-order valence-corrected chi connectivity index (χ3v) is 5.00. The molecule has 0 unspecified atom stereocenters. The van der Waals surface area contributed by atoms with Gasteiger partial charge in [-0.25, -0.2) is 0 Å². The number of carbonyl (C=O) groups excluding carboxylic acids is 2. The smallest absolute Gasteiger partial charge is 0.348 e. The molecule has 2 aromatic heterocycles. The normalized spacial score (nSPS) is 13.7. The lowest BCUT2D eigenvalue weighted by atomic mass is 10.00. The van der Waals surface area contributed by atoms with Crippen LogP contribution in [0.5, 0.6) is 0 Å². The van der Waals surface area contributed by atoms with Crippen molar-refractivity contribution in [3.8, 4) is 11.1 Å². The molecule has 0 aliphatic heterocycles. The van der Waals surface area contributed by atoms with Gasteiger partial charge in [0, 0.05) is 40.1 Å². The Morgan fingerprint density at radius 2 is 1.55 bits per heavy atom. The minimum Gasteiger partial charge on any atom is -0.348 e. The van der Waals surface area contributed by atoms with Crippen LogP contribution < -0.4 is 5.32 Å². The fraction of sp³-hybridized carbons (Fsp3) is 0.182. The molecule has 0 atom stereocenters. The molecule has 1 aliphatic carbocycles. The van der Waals surface area contributed by atoms with E-state index in [1.807, 2.05) is 0 Å². The van der Waals surface area contributed by atoms with Crippen molar-refractivity contribution in [2.24, 2.45) is 0 Å². The SMILES string of the molecule is O=C(NC1CC1)c1ccc(-c2ccc(C(=O)c3cc(Cl)ccc3C(F)(F)F)nc2)cn1. The molecule has 0 spiro atoms. The van der Waals surface area contributed by atoms with E-state index in [9.17, 15) is 22.8 Å². The summed E-state index contributed by atoms with van der Waals surface area (Å²) in [6, 6.07) is 9.22. The number of benzene rings is 1. The van der Waals surface area contributed by atoms with Gasteiger partial charge >= 0.3 is 6.18 Å². The number of carbonyl (C=O) groups is 2. The average Bonchev–Trinajstić information content (AvgIpc) is 3.56. The molecule has 0 saturated heterocycles. The average molecular weight is 446 g/mol. The van der Waals surface area contributed by atoms with Gasteiger partial charge in [0.1, 0.15) is 11.4 Å². The first-order chi connectivity index (χ1) is 14.7. The minimum absolute atomic E-state index is 0.0184. The lowest BCUT2D eigenvalue weighted by Gasteiger charge is -2.12. The number of alkyl halides is 3.